The van der Waals surface area contributed by atoms with Crippen molar-refractivity contribution in [1.82, 2.24) is 0 Å². The van der Waals surface area contributed by atoms with Crippen molar-refractivity contribution in [2.45, 2.75) is 6.92 Å². The van der Waals surface area contributed by atoms with Crippen molar-refractivity contribution in [2.24, 2.45) is 4.99 Å². The highest BCUT2D eigenvalue weighted by Crippen LogP contribution is 2.27. The van der Waals surface area contributed by atoms with Gasteiger partial charge in [0.2, 0.25) is 6.41 Å². The molecule has 26 heavy (non-hydrogen) atoms. The van der Waals surface area contributed by atoms with Gasteiger partial charge >= 0.3 is 5.97 Å². The van der Waals surface area contributed by atoms with Gasteiger partial charge in [-0.25, -0.2) is 9.18 Å². The summed E-state index contributed by atoms with van der Waals surface area (Å²) < 4.78 is 14.0. The van der Waals surface area contributed by atoms with Gasteiger partial charge in [-0.1, -0.05) is 11.6 Å². The molecule has 2 aromatic carbocycles. The van der Waals surface area contributed by atoms with Crippen LogP contribution in [0.5, 0.6) is 0 Å². The number of carbonyl (C=O) groups excluding carboxylic acids is 1. The zero-order valence-electron chi connectivity index (χ0n) is 14.1. The van der Waals surface area contributed by atoms with E-state index in [9.17, 15) is 14.0 Å². The summed E-state index contributed by atoms with van der Waals surface area (Å²) in [6, 6.07) is 8.87. The number of nitrogens with one attached hydrogen (secondary N) is 2. The first-order valence-electron chi connectivity index (χ1n) is 7.70. The molecule has 0 bridgehead atoms. The Morgan fingerprint density at radius 3 is 2.73 bits per heavy atom. The third-order valence-corrected chi connectivity index (χ3v) is 3.63. The van der Waals surface area contributed by atoms with Gasteiger partial charge in [0, 0.05) is 12.1 Å². The Labute approximate surface area is 150 Å². The third kappa shape index (κ3) is 4.54. The molecule has 2 aromatic rings. The summed E-state index contributed by atoms with van der Waals surface area (Å²) >= 11 is 0. The number of amides is 1. The van der Waals surface area contributed by atoms with Crippen molar-refractivity contribution in [1.29, 1.82) is 0 Å². The molecular weight excluding hydrogens is 337 g/mol. The molecule has 0 spiro atoms. The molecule has 7 heteroatoms. The van der Waals surface area contributed by atoms with Crippen molar-refractivity contribution in [3.05, 3.63) is 58.9 Å². The van der Waals surface area contributed by atoms with Crippen LogP contribution in [0.25, 0.3) is 6.08 Å². The number of carbonyl (C=O) groups is 2. The smallest absolute Gasteiger partial charge is 0.335 e. The normalized spacial score (nSPS) is 10.9. The van der Waals surface area contributed by atoms with Crippen LogP contribution in [0.15, 0.2) is 47.0 Å². The first-order valence-corrected chi connectivity index (χ1v) is 7.70. The lowest BCUT2D eigenvalue weighted by molar-refractivity contribution is -0.105. The molecule has 0 aromatic heterocycles. The third-order valence-electron chi connectivity index (χ3n) is 3.63. The fourth-order valence-electron chi connectivity index (χ4n) is 2.35. The maximum absolute atomic E-state index is 14.0. The topological polar surface area (TPSA) is 90.8 Å². The first kappa shape index (κ1) is 18.9. The number of carboxylic acids is 1. The van der Waals surface area contributed by atoms with Crippen LogP contribution < -0.4 is 10.6 Å². The molecular formula is C19H18FN3O3. The van der Waals surface area contributed by atoms with Crippen molar-refractivity contribution >= 4 is 42.2 Å². The summed E-state index contributed by atoms with van der Waals surface area (Å²) in [7, 11) is 0. The number of carboxylic acid groups (broad SMARTS) is 1. The molecule has 1 amide bonds. The molecule has 2 rings (SSSR count). The van der Waals surface area contributed by atoms with Gasteiger partial charge in [-0.2, -0.15) is 0 Å². The number of aromatic carboxylic acids is 1. The molecule has 0 heterocycles. The lowest BCUT2D eigenvalue weighted by atomic mass is 10.1. The predicted molar refractivity (Wildman–Crippen MR) is 101 cm³/mol. The van der Waals surface area contributed by atoms with E-state index in [4.69, 9.17) is 5.11 Å². The van der Waals surface area contributed by atoms with Crippen molar-refractivity contribution < 1.29 is 19.1 Å². The van der Waals surface area contributed by atoms with Gasteiger partial charge in [-0.05, 0) is 50.0 Å². The molecule has 0 saturated heterocycles. The zero-order chi connectivity index (χ0) is 19.1. The number of anilines is 2. The number of hydrogen-bond acceptors (Lipinski definition) is 4. The second-order valence-electron chi connectivity index (χ2n) is 5.50. The maximum atomic E-state index is 14.0. The summed E-state index contributed by atoms with van der Waals surface area (Å²) in [6.45, 7) is 5.57. The van der Waals surface area contributed by atoms with Crippen LogP contribution in [0.3, 0.4) is 0 Å². The fourth-order valence-corrected chi connectivity index (χ4v) is 2.35. The first-order chi connectivity index (χ1) is 12.5. The van der Waals surface area contributed by atoms with Crippen molar-refractivity contribution in [3.63, 3.8) is 0 Å². The van der Waals surface area contributed by atoms with E-state index in [1.165, 1.54) is 24.3 Å². The Kier molecular flexibility index (Phi) is 6.21. The summed E-state index contributed by atoms with van der Waals surface area (Å²) in [6.07, 6.45) is 2.09. The van der Waals surface area contributed by atoms with Crippen molar-refractivity contribution in [2.75, 3.05) is 17.2 Å². The van der Waals surface area contributed by atoms with Crippen LogP contribution >= 0.6 is 0 Å². The lowest BCUT2D eigenvalue weighted by Gasteiger charge is -2.12. The molecule has 0 radical (unpaired) electrons. The van der Waals surface area contributed by atoms with E-state index in [0.29, 0.717) is 30.0 Å². The standard InChI is InChI=1S/C19H18FN3O3/c1-12(8-14-15(20)4-3-5-16(14)23-11-24)10-22-18-9-13(19(25)26)6-7-17(18)21-2/h3-9,11,22H,2,10H2,1H3,(H,23,24)(H,25,26)/b12-8+. The number of rotatable bonds is 8. The van der Waals surface area contributed by atoms with Gasteiger partial charge in [0.15, 0.2) is 0 Å². The Morgan fingerprint density at radius 1 is 1.31 bits per heavy atom. The Balaban J connectivity index is 2.24. The molecule has 0 aliphatic carbocycles. The molecule has 0 unspecified atom stereocenters. The van der Waals surface area contributed by atoms with Crippen LogP contribution in [-0.2, 0) is 4.79 Å². The van der Waals surface area contributed by atoms with Gasteiger partial charge in [-0.15, -0.1) is 0 Å². The molecule has 3 N–H and O–H groups in total. The van der Waals surface area contributed by atoms with E-state index >= 15 is 0 Å². The number of halogens is 1. The Bertz CT molecular complexity index is 878. The van der Waals surface area contributed by atoms with Gasteiger partial charge < -0.3 is 15.7 Å². The molecule has 0 aliphatic rings. The highest BCUT2D eigenvalue weighted by molar-refractivity contribution is 5.90. The molecule has 0 atom stereocenters. The summed E-state index contributed by atoms with van der Waals surface area (Å²) in [5.41, 5.74) is 2.53. The molecule has 0 saturated carbocycles. The Hall–Kier alpha value is -3.48. The van der Waals surface area contributed by atoms with Gasteiger partial charge in [0.1, 0.15) is 5.82 Å². The molecule has 134 valence electrons. The summed E-state index contributed by atoms with van der Waals surface area (Å²) in [4.78, 5) is 25.6. The second kappa shape index (κ2) is 8.57. The average Bonchev–Trinajstić information content (AvgIpc) is 2.62. The van der Waals surface area contributed by atoms with Crippen molar-refractivity contribution in [3.8, 4) is 0 Å². The minimum atomic E-state index is -1.05. The second-order valence-corrected chi connectivity index (χ2v) is 5.50. The number of benzene rings is 2. The maximum Gasteiger partial charge on any atom is 0.335 e. The minimum Gasteiger partial charge on any atom is -0.478 e. The number of nitrogens with zero attached hydrogens (tertiary/aromatic N) is 1. The van der Waals surface area contributed by atoms with E-state index in [0.717, 1.165) is 5.57 Å². The quantitative estimate of drug-likeness (QED) is 0.494. The summed E-state index contributed by atoms with van der Waals surface area (Å²) in [5.74, 6) is -1.51. The molecule has 6 nitrogen and oxygen atoms in total. The van der Waals surface area contributed by atoms with E-state index < -0.39 is 11.8 Å². The van der Waals surface area contributed by atoms with E-state index in [2.05, 4.69) is 22.3 Å². The van der Waals surface area contributed by atoms with E-state index in [-0.39, 0.29) is 11.1 Å². The minimum absolute atomic E-state index is 0.119. The lowest BCUT2D eigenvalue weighted by Crippen LogP contribution is -2.05. The van der Waals surface area contributed by atoms with Crippen LogP contribution in [0.4, 0.5) is 21.5 Å². The number of aliphatic imine (C=N–C) groups is 1. The van der Waals surface area contributed by atoms with Crippen LogP contribution in [0.1, 0.15) is 22.8 Å². The zero-order valence-corrected chi connectivity index (χ0v) is 14.1. The highest BCUT2D eigenvalue weighted by atomic mass is 19.1. The van der Waals surface area contributed by atoms with E-state index in [1.54, 1.807) is 25.1 Å². The Morgan fingerprint density at radius 2 is 2.08 bits per heavy atom. The van der Waals surface area contributed by atoms with Gasteiger partial charge in [0.05, 0.1) is 22.6 Å². The summed E-state index contributed by atoms with van der Waals surface area (Å²) in [5, 5.41) is 14.6. The van der Waals surface area contributed by atoms with Crippen LogP contribution in [0.2, 0.25) is 0 Å². The monoisotopic (exact) mass is 355 g/mol. The van der Waals surface area contributed by atoms with E-state index in [1.807, 2.05) is 0 Å². The predicted octanol–water partition coefficient (Wildman–Crippen LogP) is 3.94. The number of hydrogen-bond donors (Lipinski definition) is 3. The molecule has 0 aliphatic heterocycles. The average molecular weight is 355 g/mol. The van der Waals surface area contributed by atoms with Crippen LogP contribution in [-0.4, -0.2) is 30.7 Å². The molecule has 0 fully saturated rings. The van der Waals surface area contributed by atoms with Crippen LogP contribution in [0, 0.1) is 5.82 Å². The van der Waals surface area contributed by atoms with Gasteiger partial charge in [0.25, 0.3) is 0 Å². The largest absolute Gasteiger partial charge is 0.478 e. The fraction of sp³-hybridized carbons (Fsp3) is 0.105. The SMILES string of the molecule is C=Nc1ccc(C(=O)O)cc1NC/C(C)=C/c1c(F)cccc1NC=O. The van der Waals surface area contributed by atoms with Gasteiger partial charge in [-0.3, -0.25) is 9.79 Å². The highest BCUT2D eigenvalue weighted by Gasteiger charge is 2.09.